The Kier molecular flexibility index (Phi) is 7.57. The van der Waals surface area contributed by atoms with Gasteiger partial charge in [-0.25, -0.2) is 13.2 Å². The Hall–Kier alpha value is -2.86. The highest BCUT2D eigenvalue weighted by Gasteiger charge is 2.28. The third kappa shape index (κ3) is 4.83. The standard InChI is InChI=1S/C28H28F4O2/c1-3-5-17-6-8-18(9-7-17)23-14-10-19(16-34-23)20-11-12-21(26(30)25(20)29)22-13-15-24(33-4-2)28(32)27(22)31/h6-9,11-13,15,19,23H,3-5,10,14,16H2,1-2H3. The summed E-state index contributed by atoms with van der Waals surface area (Å²) in [6.45, 7) is 4.18. The van der Waals surface area contributed by atoms with Gasteiger partial charge in [-0.1, -0.05) is 49.7 Å². The maximum atomic E-state index is 15.0. The number of benzene rings is 3. The zero-order chi connectivity index (χ0) is 24.2. The van der Waals surface area contributed by atoms with Gasteiger partial charge in [0.2, 0.25) is 5.82 Å². The zero-order valence-electron chi connectivity index (χ0n) is 19.3. The van der Waals surface area contributed by atoms with Crippen molar-refractivity contribution in [3.63, 3.8) is 0 Å². The molecule has 3 aromatic carbocycles. The SMILES string of the molecule is CCCc1ccc(C2CCC(c3ccc(-c4ccc(OCC)c(F)c4F)c(F)c3F)CO2)cc1. The summed E-state index contributed by atoms with van der Waals surface area (Å²) in [4.78, 5) is 0. The summed E-state index contributed by atoms with van der Waals surface area (Å²) >= 11 is 0. The molecule has 2 unspecified atom stereocenters. The molecule has 1 heterocycles. The zero-order valence-corrected chi connectivity index (χ0v) is 19.3. The largest absolute Gasteiger partial charge is 0.491 e. The minimum atomic E-state index is -1.27. The molecule has 2 atom stereocenters. The second-order valence-electron chi connectivity index (χ2n) is 8.59. The molecule has 0 spiro atoms. The predicted octanol–water partition coefficient (Wildman–Crippen LogP) is 7.90. The molecule has 0 saturated carbocycles. The Balaban J connectivity index is 1.50. The maximum Gasteiger partial charge on any atom is 0.201 e. The van der Waals surface area contributed by atoms with Crippen LogP contribution in [-0.2, 0) is 11.2 Å². The lowest BCUT2D eigenvalue weighted by molar-refractivity contribution is 0.00163. The van der Waals surface area contributed by atoms with Crippen LogP contribution < -0.4 is 4.74 Å². The molecule has 0 aliphatic carbocycles. The Morgan fingerprint density at radius 1 is 0.794 bits per heavy atom. The Morgan fingerprint density at radius 2 is 1.47 bits per heavy atom. The quantitative estimate of drug-likeness (QED) is 0.326. The van der Waals surface area contributed by atoms with Crippen LogP contribution in [0.25, 0.3) is 11.1 Å². The maximum absolute atomic E-state index is 15.0. The number of ether oxygens (including phenoxy) is 2. The molecule has 0 amide bonds. The van der Waals surface area contributed by atoms with Crippen molar-refractivity contribution < 1.29 is 27.0 Å². The van der Waals surface area contributed by atoms with Crippen LogP contribution in [0.15, 0.2) is 48.5 Å². The number of rotatable bonds is 7. The van der Waals surface area contributed by atoms with Gasteiger partial charge in [0.15, 0.2) is 23.2 Å². The summed E-state index contributed by atoms with van der Waals surface area (Å²) < 4.78 is 69.8. The normalized spacial score (nSPS) is 18.2. The average Bonchev–Trinajstić information content (AvgIpc) is 2.85. The Bertz CT molecular complexity index is 1140. The van der Waals surface area contributed by atoms with Gasteiger partial charge in [-0.2, -0.15) is 4.39 Å². The fourth-order valence-electron chi connectivity index (χ4n) is 4.54. The van der Waals surface area contributed by atoms with Gasteiger partial charge < -0.3 is 9.47 Å². The number of hydrogen-bond donors (Lipinski definition) is 0. The highest BCUT2D eigenvalue weighted by atomic mass is 19.2. The van der Waals surface area contributed by atoms with E-state index >= 15 is 4.39 Å². The van der Waals surface area contributed by atoms with Crippen molar-refractivity contribution in [1.82, 2.24) is 0 Å². The van der Waals surface area contributed by atoms with Crippen LogP contribution in [0, 0.1) is 23.3 Å². The molecular formula is C28H28F4O2. The minimum Gasteiger partial charge on any atom is -0.491 e. The van der Waals surface area contributed by atoms with Crippen LogP contribution in [0.4, 0.5) is 17.6 Å². The van der Waals surface area contributed by atoms with Gasteiger partial charge in [-0.3, -0.25) is 0 Å². The van der Waals surface area contributed by atoms with E-state index in [0.29, 0.717) is 12.8 Å². The second-order valence-corrected chi connectivity index (χ2v) is 8.59. The second kappa shape index (κ2) is 10.6. The lowest BCUT2D eigenvalue weighted by atomic mass is 9.88. The first-order valence-electron chi connectivity index (χ1n) is 11.7. The molecule has 180 valence electrons. The molecule has 1 aliphatic rings. The van der Waals surface area contributed by atoms with E-state index < -0.39 is 23.3 Å². The van der Waals surface area contributed by atoms with Crippen molar-refractivity contribution in [1.29, 1.82) is 0 Å². The molecule has 34 heavy (non-hydrogen) atoms. The van der Waals surface area contributed by atoms with Gasteiger partial charge in [-0.05, 0) is 55.0 Å². The molecule has 0 aromatic heterocycles. The molecule has 6 heteroatoms. The average molecular weight is 473 g/mol. The van der Waals surface area contributed by atoms with Crippen molar-refractivity contribution in [2.45, 2.75) is 51.6 Å². The molecule has 3 aromatic rings. The molecule has 4 rings (SSSR count). The molecule has 0 bridgehead atoms. The molecule has 1 fully saturated rings. The predicted molar refractivity (Wildman–Crippen MR) is 124 cm³/mol. The van der Waals surface area contributed by atoms with E-state index in [1.165, 1.54) is 29.8 Å². The summed E-state index contributed by atoms with van der Waals surface area (Å²) in [5, 5.41) is 0. The summed E-state index contributed by atoms with van der Waals surface area (Å²) in [6.07, 6.45) is 3.34. The van der Waals surface area contributed by atoms with Crippen LogP contribution in [0.2, 0.25) is 0 Å². The molecule has 0 N–H and O–H groups in total. The van der Waals surface area contributed by atoms with Crippen molar-refractivity contribution in [3.8, 4) is 16.9 Å². The van der Waals surface area contributed by atoms with Gasteiger partial charge in [0.1, 0.15) is 0 Å². The molecule has 2 nitrogen and oxygen atoms in total. The van der Waals surface area contributed by atoms with E-state index in [4.69, 9.17) is 9.47 Å². The first-order chi connectivity index (χ1) is 16.4. The minimum absolute atomic E-state index is 0.0833. The Labute approximate surface area is 197 Å². The smallest absolute Gasteiger partial charge is 0.201 e. The fraction of sp³-hybridized carbons (Fsp3) is 0.357. The third-order valence-corrected chi connectivity index (χ3v) is 6.35. The molecule has 1 saturated heterocycles. The van der Waals surface area contributed by atoms with E-state index in [1.807, 2.05) is 0 Å². The lowest BCUT2D eigenvalue weighted by Crippen LogP contribution is -2.20. The molecular weight excluding hydrogens is 444 g/mol. The van der Waals surface area contributed by atoms with Crippen LogP contribution >= 0.6 is 0 Å². The molecule has 0 radical (unpaired) electrons. The van der Waals surface area contributed by atoms with Gasteiger partial charge >= 0.3 is 0 Å². The van der Waals surface area contributed by atoms with Crippen molar-refractivity contribution in [2.75, 3.05) is 13.2 Å². The van der Waals surface area contributed by atoms with Crippen LogP contribution in [0.5, 0.6) is 5.75 Å². The van der Waals surface area contributed by atoms with E-state index in [2.05, 4.69) is 31.2 Å². The summed E-state index contributed by atoms with van der Waals surface area (Å²) in [5.41, 5.74) is 1.86. The number of hydrogen-bond acceptors (Lipinski definition) is 2. The van der Waals surface area contributed by atoms with Crippen molar-refractivity contribution in [3.05, 3.63) is 88.5 Å². The summed E-state index contributed by atoms with van der Waals surface area (Å²) in [7, 11) is 0. The lowest BCUT2D eigenvalue weighted by Gasteiger charge is -2.30. The fourth-order valence-corrected chi connectivity index (χ4v) is 4.54. The van der Waals surface area contributed by atoms with Gasteiger partial charge in [-0.15, -0.1) is 0 Å². The first-order valence-corrected chi connectivity index (χ1v) is 11.7. The highest BCUT2D eigenvalue weighted by molar-refractivity contribution is 5.66. The van der Waals surface area contributed by atoms with Gasteiger partial charge in [0, 0.05) is 17.0 Å². The molecule has 1 aliphatic heterocycles. The van der Waals surface area contributed by atoms with Gasteiger partial charge in [0.25, 0.3) is 0 Å². The van der Waals surface area contributed by atoms with Crippen molar-refractivity contribution in [2.24, 2.45) is 0 Å². The van der Waals surface area contributed by atoms with E-state index in [-0.39, 0.29) is 47.7 Å². The highest BCUT2D eigenvalue weighted by Crippen LogP contribution is 2.39. The van der Waals surface area contributed by atoms with E-state index in [1.54, 1.807) is 6.92 Å². The van der Waals surface area contributed by atoms with Crippen LogP contribution in [-0.4, -0.2) is 13.2 Å². The van der Waals surface area contributed by atoms with Crippen molar-refractivity contribution >= 4 is 0 Å². The van der Waals surface area contributed by atoms with Crippen LogP contribution in [0.3, 0.4) is 0 Å². The first kappa shape index (κ1) is 24.3. The summed E-state index contributed by atoms with van der Waals surface area (Å²) in [5.74, 6) is -5.34. The third-order valence-electron chi connectivity index (χ3n) is 6.35. The number of halogens is 4. The Morgan fingerprint density at radius 3 is 2.09 bits per heavy atom. The van der Waals surface area contributed by atoms with Crippen LogP contribution in [0.1, 0.15) is 61.8 Å². The summed E-state index contributed by atoms with van der Waals surface area (Å²) in [6, 6.07) is 13.5. The topological polar surface area (TPSA) is 18.5 Å². The monoisotopic (exact) mass is 472 g/mol. The van der Waals surface area contributed by atoms with E-state index in [9.17, 15) is 13.2 Å². The van der Waals surface area contributed by atoms with Gasteiger partial charge in [0.05, 0.1) is 19.3 Å². The van der Waals surface area contributed by atoms with E-state index in [0.717, 1.165) is 18.4 Å². The number of aryl methyl sites for hydroxylation is 1.